The van der Waals surface area contributed by atoms with Crippen molar-refractivity contribution in [3.8, 4) is 0 Å². The molecule has 1 aliphatic heterocycles. The number of piperidine rings is 1. The van der Waals surface area contributed by atoms with E-state index in [1.165, 1.54) is 36.9 Å². The van der Waals surface area contributed by atoms with Crippen molar-refractivity contribution < 1.29 is 14.6 Å². The summed E-state index contributed by atoms with van der Waals surface area (Å²) in [5.74, 6) is 2.21. The number of ether oxygens (including phenoxy) is 2. The number of aliphatic hydroxyl groups is 1. The molecule has 5 saturated carbocycles. The Morgan fingerprint density at radius 2 is 1.56 bits per heavy atom. The van der Waals surface area contributed by atoms with Crippen LogP contribution in [0, 0.1) is 40.4 Å². The van der Waals surface area contributed by atoms with Gasteiger partial charge >= 0.3 is 0 Å². The first-order valence-electron chi connectivity index (χ1n) is 15.8. The molecule has 4 nitrogen and oxygen atoms in total. The summed E-state index contributed by atoms with van der Waals surface area (Å²) in [6.45, 7) is 8.54. The summed E-state index contributed by atoms with van der Waals surface area (Å²) in [5, 5.41) is 12.8. The number of likely N-dealkylation sites (tertiary alicyclic amines) is 1. The van der Waals surface area contributed by atoms with E-state index in [2.05, 4.69) is 79.4 Å². The molecule has 7 bridgehead atoms. The SMILES string of the molecule is CCN1C[C@]2(C)CC[C@H](OCc3ccccc3)C34C5C[C@@H]6CC[C@@](O)(C5[C@H]6OCc5ccccc5)C(C[C@@H]32)[C@@H]14. The first-order valence-corrected chi connectivity index (χ1v) is 15.8. The molecule has 0 radical (unpaired) electrons. The zero-order valence-corrected chi connectivity index (χ0v) is 23.7. The maximum Gasteiger partial charge on any atom is 0.0746 e. The minimum absolute atomic E-state index is 0.116. The van der Waals surface area contributed by atoms with E-state index in [9.17, 15) is 5.11 Å². The number of benzene rings is 2. The van der Waals surface area contributed by atoms with E-state index in [-0.39, 0.29) is 23.5 Å². The van der Waals surface area contributed by atoms with Crippen molar-refractivity contribution in [2.75, 3.05) is 13.1 Å². The number of hydrogen-bond acceptors (Lipinski definition) is 4. The molecular weight excluding hydrogens is 482 g/mol. The van der Waals surface area contributed by atoms with Crippen LogP contribution in [-0.4, -0.2) is 46.9 Å². The molecule has 1 spiro atoms. The van der Waals surface area contributed by atoms with Crippen molar-refractivity contribution in [3.63, 3.8) is 0 Å². The maximum absolute atomic E-state index is 12.8. The highest BCUT2D eigenvalue weighted by molar-refractivity contribution is 5.32. The Kier molecular flexibility index (Phi) is 5.70. The fourth-order valence-electron chi connectivity index (χ4n) is 11.7. The van der Waals surface area contributed by atoms with Crippen molar-refractivity contribution in [1.82, 2.24) is 4.90 Å². The van der Waals surface area contributed by atoms with Crippen molar-refractivity contribution >= 4 is 0 Å². The molecular formula is C35H45NO3. The van der Waals surface area contributed by atoms with E-state index in [1.807, 2.05) is 0 Å². The number of hydrogen-bond donors (Lipinski definition) is 1. The number of rotatable bonds is 7. The molecule has 39 heavy (non-hydrogen) atoms. The van der Waals surface area contributed by atoms with Gasteiger partial charge in [-0.1, -0.05) is 74.5 Å². The van der Waals surface area contributed by atoms with E-state index in [4.69, 9.17) is 9.47 Å². The predicted molar refractivity (Wildman–Crippen MR) is 152 cm³/mol. The molecule has 208 valence electrons. The van der Waals surface area contributed by atoms with E-state index in [1.54, 1.807) is 0 Å². The van der Waals surface area contributed by atoms with Crippen molar-refractivity contribution in [2.24, 2.45) is 40.4 Å². The zero-order valence-electron chi connectivity index (χ0n) is 23.7. The fourth-order valence-corrected chi connectivity index (χ4v) is 11.7. The highest BCUT2D eigenvalue weighted by Crippen LogP contribution is 2.79. The van der Waals surface area contributed by atoms with Crippen LogP contribution in [0.1, 0.15) is 63.5 Å². The molecule has 6 fully saturated rings. The molecule has 6 aliphatic rings. The van der Waals surface area contributed by atoms with Crippen LogP contribution in [0.5, 0.6) is 0 Å². The lowest BCUT2D eigenvalue weighted by Crippen LogP contribution is -2.75. The van der Waals surface area contributed by atoms with Gasteiger partial charge in [-0.3, -0.25) is 4.90 Å². The van der Waals surface area contributed by atoms with Gasteiger partial charge in [0.2, 0.25) is 0 Å². The normalized spacial score (nSPS) is 47.4. The molecule has 1 saturated heterocycles. The Balaban J connectivity index is 1.20. The second kappa shape index (κ2) is 8.89. The quantitative estimate of drug-likeness (QED) is 0.474. The highest BCUT2D eigenvalue weighted by Gasteiger charge is 2.82. The summed E-state index contributed by atoms with van der Waals surface area (Å²) in [7, 11) is 0. The van der Waals surface area contributed by atoms with Gasteiger partial charge < -0.3 is 14.6 Å². The standard InChI is InChI=1S/C35H45NO3/c1-3-36-22-33(2)16-15-29(38-20-23-10-6-4-7-11-23)35-26-18-25-14-17-34(37,27(32(35)36)19-28(33)35)30(26)31(25)39-21-24-12-8-5-9-13-24/h4-13,25-32,37H,3,14-22H2,1-2H3/t25-,26?,27?,28+,29-,30?,31-,32+,33-,34-,35?/m0/s1. The average Bonchev–Trinajstić information content (AvgIpc) is 3.41. The van der Waals surface area contributed by atoms with E-state index in [0.717, 1.165) is 25.8 Å². The summed E-state index contributed by atoms with van der Waals surface area (Å²) in [5.41, 5.74) is 2.32. The Morgan fingerprint density at radius 1 is 0.872 bits per heavy atom. The summed E-state index contributed by atoms with van der Waals surface area (Å²) in [6, 6.07) is 21.8. The smallest absolute Gasteiger partial charge is 0.0746 e. The maximum atomic E-state index is 12.8. The molecule has 8 rings (SSSR count). The molecule has 5 aliphatic carbocycles. The lowest BCUT2D eigenvalue weighted by atomic mass is 9.43. The minimum Gasteiger partial charge on any atom is -0.389 e. The molecule has 11 atom stereocenters. The van der Waals surface area contributed by atoms with Gasteiger partial charge in [-0.05, 0) is 79.4 Å². The van der Waals surface area contributed by atoms with Crippen LogP contribution in [0.15, 0.2) is 60.7 Å². The predicted octanol–water partition coefficient (Wildman–Crippen LogP) is 6.07. The second-order valence-electron chi connectivity index (χ2n) is 14.3. The molecule has 2 aromatic rings. The van der Waals surface area contributed by atoms with Crippen LogP contribution >= 0.6 is 0 Å². The number of nitrogens with zero attached hydrogens (tertiary/aromatic N) is 1. The average molecular weight is 528 g/mol. The summed E-state index contributed by atoms with van der Waals surface area (Å²) < 4.78 is 14.0. The third kappa shape index (κ3) is 3.32. The topological polar surface area (TPSA) is 41.9 Å². The highest BCUT2D eigenvalue weighted by atomic mass is 16.5. The van der Waals surface area contributed by atoms with Gasteiger partial charge in [0.05, 0.1) is 31.0 Å². The third-order valence-corrected chi connectivity index (χ3v) is 12.9. The first kappa shape index (κ1) is 25.0. The van der Waals surface area contributed by atoms with Crippen molar-refractivity contribution in [3.05, 3.63) is 71.8 Å². The molecule has 1 N–H and O–H groups in total. The molecule has 0 amide bonds. The van der Waals surface area contributed by atoms with Gasteiger partial charge in [-0.25, -0.2) is 0 Å². The Hall–Kier alpha value is -1.72. The van der Waals surface area contributed by atoms with Crippen LogP contribution in [0.4, 0.5) is 0 Å². The van der Waals surface area contributed by atoms with Gasteiger partial charge in [-0.15, -0.1) is 0 Å². The third-order valence-electron chi connectivity index (χ3n) is 12.9. The van der Waals surface area contributed by atoms with E-state index in [0.29, 0.717) is 48.3 Å². The van der Waals surface area contributed by atoms with E-state index >= 15 is 0 Å². The van der Waals surface area contributed by atoms with Crippen molar-refractivity contribution in [1.29, 1.82) is 0 Å². The Bertz CT molecular complexity index is 1200. The zero-order chi connectivity index (χ0) is 26.4. The van der Waals surface area contributed by atoms with Gasteiger partial charge in [0.1, 0.15) is 0 Å². The molecule has 1 heterocycles. The van der Waals surface area contributed by atoms with Crippen LogP contribution in [0.3, 0.4) is 0 Å². The summed E-state index contributed by atoms with van der Waals surface area (Å²) in [4.78, 5) is 2.81. The van der Waals surface area contributed by atoms with E-state index < -0.39 is 5.60 Å². The summed E-state index contributed by atoms with van der Waals surface area (Å²) >= 11 is 0. The second-order valence-corrected chi connectivity index (χ2v) is 14.3. The molecule has 4 unspecified atom stereocenters. The Labute approximate surface area is 234 Å². The van der Waals surface area contributed by atoms with Gasteiger partial charge in [-0.2, -0.15) is 0 Å². The summed E-state index contributed by atoms with van der Waals surface area (Å²) in [6.07, 6.45) is 7.23. The van der Waals surface area contributed by atoms with Crippen LogP contribution in [-0.2, 0) is 22.7 Å². The lowest BCUT2D eigenvalue weighted by Gasteiger charge is -2.69. The largest absolute Gasteiger partial charge is 0.389 e. The van der Waals surface area contributed by atoms with Crippen LogP contribution in [0.25, 0.3) is 0 Å². The first-order chi connectivity index (χ1) is 19.0. The molecule has 4 heteroatoms. The number of fused-ring (bicyclic) bond motifs is 2. The molecule has 2 aromatic carbocycles. The Morgan fingerprint density at radius 3 is 2.26 bits per heavy atom. The lowest BCUT2D eigenvalue weighted by molar-refractivity contribution is -0.273. The van der Waals surface area contributed by atoms with Crippen LogP contribution in [0.2, 0.25) is 0 Å². The molecule has 0 aromatic heterocycles. The van der Waals surface area contributed by atoms with Gasteiger partial charge in [0.15, 0.2) is 0 Å². The van der Waals surface area contributed by atoms with Gasteiger partial charge in [0, 0.05) is 29.8 Å². The van der Waals surface area contributed by atoms with Gasteiger partial charge in [0.25, 0.3) is 0 Å². The van der Waals surface area contributed by atoms with Crippen molar-refractivity contribution in [2.45, 2.75) is 89.4 Å². The minimum atomic E-state index is -0.616. The van der Waals surface area contributed by atoms with Crippen LogP contribution < -0.4 is 0 Å². The monoisotopic (exact) mass is 527 g/mol. The fraction of sp³-hybridized carbons (Fsp3) is 0.657.